The first-order valence-electron chi connectivity index (χ1n) is 5.73. The van der Waals surface area contributed by atoms with Gasteiger partial charge in [0.05, 0.1) is 18.9 Å². The van der Waals surface area contributed by atoms with Crippen molar-refractivity contribution in [1.82, 2.24) is 15.1 Å². The van der Waals surface area contributed by atoms with Gasteiger partial charge in [0.25, 0.3) is 0 Å². The van der Waals surface area contributed by atoms with Crippen LogP contribution in [0.2, 0.25) is 0 Å². The predicted octanol–water partition coefficient (Wildman–Crippen LogP) is -1.07. The molecule has 1 amide bonds. The zero-order valence-corrected chi connectivity index (χ0v) is 10.7. The zero-order chi connectivity index (χ0) is 13.5. The highest BCUT2D eigenvalue weighted by Crippen LogP contribution is 2.08. The molecule has 0 bridgehead atoms. The summed E-state index contributed by atoms with van der Waals surface area (Å²) in [6, 6.07) is -0.738. The smallest absolute Gasteiger partial charge is 0.241 e. The number of carbonyl (C=O) groups excluding carboxylic acids is 1. The highest BCUT2D eigenvalue weighted by Gasteiger charge is 2.17. The van der Waals surface area contributed by atoms with Crippen LogP contribution in [0, 0.1) is 0 Å². The molecule has 0 aliphatic rings. The predicted molar refractivity (Wildman–Crippen MR) is 65.6 cm³/mol. The van der Waals surface area contributed by atoms with Gasteiger partial charge in [-0.05, 0) is 6.42 Å². The minimum absolute atomic E-state index is 0.254. The van der Waals surface area contributed by atoms with E-state index in [0.29, 0.717) is 18.5 Å². The summed E-state index contributed by atoms with van der Waals surface area (Å²) in [6.45, 7) is 0.613. The van der Waals surface area contributed by atoms with E-state index >= 15 is 0 Å². The van der Waals surface area contributed by atoms with Gasteiger partial charge in [0.1, 0.15) is 6.04 Å². The van der Waals surface area contributed by atoms with Crippen LogP contribution in [0.25, 0.3) is 0 Å². The minimum atomic E-state index is -0.738. The molecule has 0 aliphatic heterocycles. The van der Waals surface area contributed by atoms with Crippen LogP contribution in [0.1, 0.15) is 18.0 Å². The Morgan fingerprint density at radius 1 is 1.72 bits per heavy atom. The maximum absolute atomic E-state index is 11.7. The fourth-order valence-corrected chi connectivity index (χ4v) is 1.50. The Hall–Kier alpha value is -1.44. The molecule has 7 nitrogen and oxygen atoms in total. The van der Waals surface area contributed by atoms with E-state index in [2.05, 4.69) is 10.4 Å². The summed E-state index contributed by atoms with van der Waals surface area (Å²) in [6.07, 6.45) is 3.11. The standard InChI is InChI=1S/C11H20N4O3/c1-15-6-8(5-14-15)10(12)11(17)13-4-3-9(16)7-18-2/h5-6,9-10,16H,3-4,7,12H2,1-2H3,(H,13,17). The first-order chi connectivity index (χ1) is 8.54. The number of aliphatic hydroxyl groups excluding tert-OH is 1. The number of aromatic nitrogens is 2. The molecule has 0 spiro atoms. The molecule has 102 valence electrons. The number of ether oxygens (including phenoxy) is 1. The van der Waals surface area contributed by atoms with Crippen LogP contribution in [0.4, 0.5) is 0 Å². The number of nitrogens with zero attached hydrogens (tertiary/aromatic N) is 2. The van der Waals surface area contributed by atoms with Crippen molar-refractivity contribution in [3.63, 3.8) is 0 Å². The van der Waals surface area contributed by atoms with Gasteiger partial charge in [0.2, 0.25) is 5.91 Å². The number of rotatable bonds is 7. The first-order valence-corrected chi connectivity index (χ1v) is 5.73. The summed E-state index contributed by atoms with van der Waals surface area (Å²) in [5.41, 5.74) is 6.43. The van der Waals surface area contributed by atoms with Gasteiger partial charge in [-0.15, -0.1) is 0 Å². The number of aryl methyl sites for hydroxylation is 1. The Kier molecular flexibility index (Phi) is 5.76. The lowest BCUT2D eigenvalue weighted by atomic mass is 10.1. The van der Waals surface area contributed by atoms with E-state index in [9.17, 15) is 9.90 Å². The molecule has 0 radical (unpaired) electrons. The highest BCUT2D eigenvalue weighted by molar-refractivity contribution is 5.82. The van der Waals surface area contributed by atoms with Crippen LogP contribution in [0.5, 0.6) is 0 Å². The SMILES string of the molecule is COCC(O)CCNC(=O)C(N)c1cnn(C)c1. The van der Waals surface area contributed by atoms with E-state index in [1.807, 2.05) is 0 Å². The molecule has 1 aromatic heterocycles. The molecule has 7 heteroatoms. The number of carbonyl (C=O) groups is 1. The van der Waals surface area contributed by atoms with E-state index in [1.54, 1.807) is 24.1 Å². The third kappa shape index (κ3) is 4.44. The Morgan fingerprint density at radius 2 is 2.44 bits per heavy atom. The van der Waals surface area contributed by atoms with Gasteiger partial charge in [-0.25, -0.2) is 0 Å². The van der Waals surface area contributed by atoms with E-state index in [0.717, 1.165) is 0 Å². The van der Waals surface area contributed by atoms with Crippen molar-refractivity contribution >= 4 is 5.91 Å². The van der Waals surface area contributed by atoms with Crippen molar-refractivity contribution in [2.24, 2.45) is 12.8 Å². The number of aliphatic hydroxyl groups is 1. The molecule has 0 saturated carbocycles. The van der Waals surface area contributed by atoms with Crippen molar-refractivity contribution in [3.8, 4) is 0 Å². The summed E-state index contributed by atoms with van der Waals surface area (Å²) in [5.74, 6) is -0.285. The van der Waals surface area contributed by atoms with Gasteiger partial charge in [-0.3, -0.25) is 9.48 Å². The second-order valence-corrected chi connectivity index (χ2v) is 4.11. The zero-order valence-electron chi connectivity index (χ0n) is 10.7. The van der Waals surface area contributed by atoms with Gasteiger partial charge in [0.15, 0.2) is 0 Å². The van der Waals surface area contributed by atoms with E-state index in [4.69, 9.17) is 10.5 Å². The molecule has 0 saturated heterocycles. The van der Waals surface area contributed by atoms with Crippen molar-refractivity contribution in [1.29, 1.82) is 0 Å². The van der Waals surface area contributed by atoms with Gasteiger partial charge < -0.3 is 20.9 Å². The maximum Gasteiger partial charge on any atom is 0.241 e. The quantitative estimate of drug-likeness (QED) is 0.576. The first kappa shape index (κ1) is 14.6. The molecule has 1 heterocycles. The van der Waals surface area contributed by atoms with E-state index in [-0.39, 0.29) is 12.5 Å². The molecule has 4 N–H and O–H groups in total. The number of nitrogens with two attached hydrogens (primary N) is 1. The van der Waals surface area contributed by atoms with Crippen molar-refractivity contribution in [2.75, 3.05) is 20.3 Å². The van der Waals surface area contributed by atoms with Gasteiger partial charge >= 0.3 is 0 Å². The number of nitrogens with one attached hydrogen (secondary N) is 1. The average molecular weight is 256 g/mol. The second kappa shape index (κ2) is 7.10. The minimum Gasteiger partial charge on any atom is -0.391 e. The monoisotopic (exact) mass is 256 g/mol. The topological polar surface area (TPSA) is 102 Å². The number of amides is 1. The molecule has 1 aromatic rings. The molecule has 0 aromatic carbocycles. The Balaban J connectivity index is 2.32. The normalized spacial score (nSPS) is 14.2. The lowest BCUT2D eigenvalue weighted by molar-refractivity contribution is -0.122. The Labute approximate surface area is 106 Å². The van der Waals surface area contributed by atoms with Crippen molar-refractivity contribution in [3.05, 3.63) is 18.0 Å². The molecular weight excluding hydrogens is 236 g/mol. The third-order valence-electron chi connectivity index (χ3n) is 2.50. The van der Waals surface area contributed by atoms with Crippen LogP contribution >= 0.6 is 0 Å². The van der Waals surface area contributed by atoms with Crippen LogP contribution < -0.4 is 11.1 Å². The summed E-state index contributed by atoms with van der Waals surface area (Å²) in [7, 11) is 3.27. The van der Waals surface area contributed by atoms with Gasteiger partial charge in [-0.2, -0.15) is 5.10 Å². The van der Waals surface area contributed by atoms with E-state index < -0.39 is 12.1 Å². The summed E-state index contributed by atoms with van der Waals surface area (Å²) < 4.78 is 6.37. The lowest BCUT2D eigenvalue weighted by Gasteiger charge is -2.12. The van der Waals surface area contributed by atoms with Crippen molar-refractivity contribution < 1.29 is 14.6 Å². The number of hydrogen-bond acceptors (Lipinski definition) is 5. The fraction of sp³-hybridized carbons (Fsp3) is 0.636. The van der Waals surface area contributed by atoms with Crippen molar-refractivity contribution in [2.45, 2.75) is 18.6 Å². The maximum atomic E-state index is 11.7. The Morgan fingerprint density at radius 3 is 3.00 bits per heavy atom. The summed E-state index contributed by atoms with van der Waals surface area (Å²) in [4.78, 5) is 11.7. The van der Waals surface area contributed by atoms with Crippen LogP contribution in [-0.4, -0.2) is 47.2 Å². The van der Waals surface area contributed by atoms with Crippen LogP contribution in [-0.2, 0) is 16.6 Å². The third-order valence-corrected chi connectivity index (χ3v) is 2.50. The molecule has 18 heavy (non-hydrogen) atoms. The largest absolute Gasteiger partial charge is 0.391 e. The van der Waals surface area contributed by atoms with Gasteiger partial charge in [-0.1, -0.05) is 0 Å². The van der Waals surface area contributed by atoms with Crippen LogP contribution in [0.3, 0.4) is 0 Å². The summed E-state index contributed by atoms with van der Waals surface area (Å²) >= 11 is 0. The Bertz CT molecular complexity index is 380. The second-order valence-electron chi connectivity index (χ2n) is 4.11. The molecule has 0 aliphatic carbocycles. The van der Waals surface area contributed by atoms with Gasteiger partial charge in [0, 0.05) is 32.5 Å². The number of methoxy groups -OCH3 is 1. The lowest BCUT2D eigenvalue weighted by Crippen LogP contribution is -2.36. The average Bonchev–Trinajstić information content (AvgIpc) is 2.75. The molecular formula is C11H20N4O3. The fourth-order valence-electron chi connectivity index (χ4n) is 1.50. The van der Waals surface area contributed by atoms with E-state index in [1.165, 1.54) is 7.11 Å². The van der Waals surface area contributed by atoms with Crippen LogP contribution in [0.15, 0.2) is 12.4 Å². The molecule has 2 unspecified atom stereocenters. The highest BCUT2D eigenvalue weighted by atomic mass is 16.5. The molecule has 0 fully saturated rings. The molecule has 1 rings (SSSR count). The number of hydrogen-bond donors (Lipinski definition) is 3. The molecule has 2 atom stereocenters. The summed E-state index contributed by atoms with van der Waals surface area (Å²) in [5, 5.41) is 16.0.